The van der Waals surface area contributed by atoms with Crippen molar-refractivity contribution in [2.75, 3.05) is 6.54 Å². The largest absolute Gasteiger partial charge is 0.313 e. The summed E-state index contributed by atoms with van der Waals surface area (Å²) in [6, 6.07) is 2.52. The molecule has 1 atom stereocenters. The van der Waals surface area contributed by atoms with Gasteiger partial charge in [-0.3, -0.25) is 0 Å². The Morgan fingerprint density at radius 1 is 1.50 bits per heavy atom. The molecular formula is C10H16N2. The Kier molecular flexibility index (Phi) is 7.44. The normalized spacial score (nSPS) is 11.6. The summed E-state index contributed by atoms with van der Waals surface area (Å²) < 4.78 is 0. The van der Waals surface area contributed by atoms with Crippen molar-refractivity contribution in [2.24, 2.45) is 0 Å². The molecule has 1 unspecified atom stereocenters. The number of terminal acetylenes is 1. The fraction of sp³-hybridized carbons (Fsp3) is 0.700. The maximum Gasteiger partial charge on any atom is 0.0621 e. The van der Waals surface area contributed by atoms with E-state index in [-0.39, 0.29) is 0 Å². The van der Waals surface area contributed by atoms with E-state index in [9.17, 15) is 0 Å². The molecule has 0 saturated carbocycles. The topological polar surface area (TPSA) is 35.8 Å². The molecule has 0 fully saturated rings. The minimum absolute atomic E-state index is 0.400. The summed E-state index contributed by atoms with van der Waals surface area (Å²) in [4.78, 5) is 0. The van der Waals surface area contributed by atoms with Gasteiger partial charge in [-0.2, -0.15) is 5.26 Å². The van der Waals surface area contributed by atoms with E-state index in [0.29, 0.717) is 12.5 Å². The highest BCUT2D eigenvalue weighted by atomic mass is 14.9. The third-order valence-corrected chi connectivity index (χ3v) is 1.63. The van der Waals surface area contributed by atoms with Gasteiger partial charge in [-0.15, -0.1) is 12.3 Å². The zero-order valence-electron chi connectivity index (χ0n) is 7.64. The molecule has 0 amide bonds. The molecule has 0 spiro atoms. The Labute approximate surface area is 75.0 Å². The van der Waals surface area contributed by atoms with Crippen LogP contribution in [0.15, 0.2) is 0 Å². The first-order valence-corrected chi connectivity index (χ1v) is 4.35. The van der Waals surface area contributed by atoms with Crippen molar-refractivity contribution in [3.8, 4) is 18.4 Å². The molecular weight excluding hydrogens is 148 g/mol. The molecule has 2 nitrogen and oxygen atoms in total. The van der Waals surface area contributed by atoms with Crippen molar-refractivity contribution < 1.29 is 0 Å². The fourth-order valence-electron chi connectivity index (χ4n) is 0.926. The predicted octanol–water partition coefficient (Wildman–Crippen LogP) is 1.68. The summed E-state index contributed by atoms with van der Waals surface area (Å²) >= 11 is 0. The summed E-state index contributed by atoms with van der Waals surface area (Å²) in [5, 5.41) is 11.6. The summed E-state index contributed by atoms with van der Waals surface area (Å²) in [5.74, 6) is 2.60. The molecule has 0 heterocycles. The smallest absolute Gasteiger partial charge is 0.0621 e. The average molecular weight is 164 g/mol. The summed E-state index contributed by atoms with van der Waals surface area (Å²) in [7, 11) is 0. The molecule has 0 aromatic rings. The number of rotatable bonds is 6. The van der Waals surface area contributed by atoms with E-state index in [2.05, 4.69) is 24.2 Å². The molecule has 2 heteroatoms. The molecule has 0 aromatic carbocycles. The zero-order chi connectivity index (χ0) is 9.23. The standard InChI is InChI=1S/C10H16N2/c1-3-7-10(2)12-9-6-4-5-8-11/h1,10,12H,4-7,9H2,2H3. The van der Waals surface area contributed by atoms with Crippen LogP contribution in [0.2, 0.25) is 0 Å². The van der Waals surface area contributed by atoms with Gasteiger partial charge in [0.1, 0.15) is 0 Å². The summed E-state index contributed by atoms with van der Waals surface area (Å²) in [5.41, 5.74) is 0. The third kappa shape index (κ3) is 7.12. The van der Waals surface area contributed by atoms with Crippen LogP contribution in [-0.2, 0) is 0 Å². The van der Waals surface area contributed by atoms with Crippen LogP contribution in [0.4, 0.5) is 0 Å². The van der Waals surface area contributed by atoms with Crippen LogP contribution >= 0.6 is 0 Å². The van der Waals surface area contributed by atoms with Gasteiger partial charge in [0.25, 0.3) is 0 Å². The van der Waals surface area contributed by atoms with E-state index < -0.39 is 0 Å². The highest BCUT2D eigenvalue weighted by Crippen LogP contribution is 1.93. The molecule has 0 aromatic heterocycles. The molecule has 0 aliphatic rings. The van der Waals surface area contributed by atoms with Crippen molar-refractivity contribution in [1.29, 1.82) is 5.26 Å². The van der Waals surface area contributed by atoms with Gasteiger partial charge in [-0.1, -0.05) is 0 Å². The first kappa shape index (κ1) is 11.0. The van der Waals surface area contributed by atoms with Gasteiger partial charge in [-0.05, 0) is 26.3 Å². The maximum absolute atomic E-state index is 8.26. The molecule has 66 valence electrons. The Balaban J connectivity index is 3.10. The predicted molar refractivity (Wildman–Crippen MR) is 50.4 cm³/mol. The Morgan fingerprint density at radius 2 is 2.25 bits per heavy atom. The lowest BCUT2D eigenvalue weighted by Gasteiger charge is -2.09. The van der Waals surface area contributed by atoms with Gasteiger partial charge in [0.2, 0.25) is 0 Å². The lowest BCUT2D eigenvalue weighted by Crippen LogP contribution is -2.26. The van der Waals surface area contributed by atoms with E-state index in [0.717, 1.165) is 25.8 Å². The Bertz CT molecular complexity index is 173. The van der Waals surface area contributed by atoms with E-state index in [1.165, 1.54) is 0 Å². The van der Waals surface area contributed by atoms with E-state index in [1.807, 2.05) is 0 Å². The minimum atomic E-state index is 0.400. The first-order chi connectivity index (χ1) is 5.81. The Hall–Kier alpha value is -0.990. The molecule has 0 radical (unpaired) electrons. The van der Waals surface area contributed by atoms with Crippen LogP contribution < -0.4 is 5.32 Å². The number of hydrogen-bond acceptors (Lipinski definition) is 2. The van der Waals surface area contributed by atoms with E-state index in [4.69, 9.17) is 11.7 Å². The van der Waals surface area contributed by atoms with Crippen molar-refractivity contribution in [3.05, 3.63) is 0 Å². The first-order valence-electron chi connectivity index (χ1n) is 4.35. The number of hydrogen-bond donors (Lipinski definition) is 1. The molecule has 1 N–H and O–H groups in total. The Morgan fingerprint density at radius 3 is 2.83 bits per heavy atom. The van der Waals surface area contributed by atoms with Crippen LogP contribution in [0, 0.1) is 23.7 Å². The van der Waals surface area contributed by atoms with Gasteiger partial charge in [0.05, 0.1) is 6.07 Å². The van der Waals surface area contributed by atoms with Crippen LogP contribution in [0.3, 0.4) is 0 Å². The van der Waals surface area contributed by atoms with E-state index >= 15 is 0 Å². The monoisotopic (exact) mass is 164 g/mol. The second-order valence-electron chi connectivity index (χ2n) is 2.88. The molecule has 0 bridgehead atoms. The third-order valence-electron chi connectivity index (χ3n) is 1.63. The minimum Gasteiger partial charge on any atom is -0.313 e. The second kappa shape index (κ2) is 8.11. The molecule has 0 aliphatic carbocycles. The highest BCUT2D eigenvalue weighted by Gasteiger charge is 1.96. The fourth-order valence-corrected chi connectivity index (χ4v) is 0.926. The molecule has 0 rings (SSSR count). The number of nitrogens with zero attached hydrogens (tertiary/aromatic N) is 1. The SMILES string of the molecule is C#CCC(C)NCCCCC#N. The van der Waals surface area contributed by atoms with Crippen LogP contribution in [0.25, 0.3) is 0 Å². The van der Waals surface area contributed by atoms with Gasteiger partial charge < -0.3 is 5.32 Å². The van der Waals surface area contributed by atoms with Crippen molar-refractivity contribution in [2.45, 2.75) is 38.6 Å². The second-order valence-corrected chi connectivity index (χ2v) is 2.88. The molecule has 12 heavy (non-hydrogen) atoms. The van der Waals surface area contributed by atoms with Crippen LogP contribution in [0.1, 0.15) is 32.6 Å². The maximum atomic E-state index is 8.26. The van der Waals surface area contributed by atoms with Crippen molar-refractivity contribution >= 4 is 0 Å². The van der Waals surface area contributed by atoms with Gasteiger partial charge in [0, 0.05) is 18.9 Å². The van der Waals surface area contributed by atoms with Gasteiger partial charge in [0.15, 0.2) is 0 Å². The summed E-state index contributed by atoms with van der Waals surface area (Å²) in [6.45, 7) is 3.04. The molecule has 0 aliphatic heterocycles. The van der Waals surface area contributed by atoms with E-state index in [1.54, 1.807) is 0 Å². The summed E-state index contributed by atoms with van der Waals surface area (Å²) in [6.07, 6.45) is 8.62. The van der Waals surface area contributed by atoms with Crippen molar-refractivity contribution in [1.82, 2.24) is 5.32 Å². The number of nitriles is 1. The van der Waals surface area contributed by atoms with Crippen LogP contribution in [0.5, 0.6) is 0 Å². The van der Waals surface area contributed by atoms with Gasteiger partial charge >= 0.3 is 0 Å². The zero-order valence-corrected chi connectivity index (χ0v) is 7.64. The lowest BCUT2D eigenvalue weighted by molar-refractivity contribution is 0.538. The quantitative estimate of drug-likeness (QED) is 0.479. The van der Waals surface area contributed by atoms with Gasteiger partial charge in [-0.25, -0.2) is 0 Å². The number of unbranched alkanes of at least 4 members (excludes halogenated alkanes) is 2. The highest BCUT2D eigenvalue weighted by molar-refractivity contribution is 4.87. The molecule has 0 saturated heterocycles. The number of nitrogens with one attached hydrogen (secondary N) is 1. The van der Waals surface area contributed by atoms with Crippen molar-refractivity contribution in [3.63, 3.8) is 0 Å². The lowest BCUT2D eigenvalue weighted by atomic mass is 10.2. The van der Waals surface area contributed by atoms with Crippen LogP contribution in [-0.4, -0.2) is 12.6 Å². The average Bonchev–Trinajstić information content (AvgIpc) is 2.05.